The van der Waals surface area contributed by atoms with Crippen LogP contribution in [0.25, 0.3) is 10.9 Å². The highest BCUT2D eigenvalue weighted by molar-refractivity contribution is 8.24. The third kappa shape index (κ3) is 4.44. The first-order valence-electron chi connectivity index (χ1n) is 9.99. The van der Waals surface area contributed by atoms with E-state index in [0.717, 1.165) is 58.3 Å². The topological polar surface area (TPSA) is 62.5 Å². The Kier molecular flexibility index (Phi) is 6.13. The number of pyridine rings is 1. The number of aromatic nitrogens is 1. The molecular formula is C22H27ClN4OS. The highest BCUT2D eigenvalue weighted by atomic mass is 35.5. The van der Waals surface area contributed by atoms with Gasteiger partial charge in [0.25, 0.3) is 0 Å². The zero-order chi connectivity index (χ0) is 20.4. The number of nitrogens with two attached hydrogens (primary N) is 1. The van der Waals surface area contributed by atoms with Gasteiger partial charge >= 0.3 is 0 Å². The maximum absolute atomic E-state index is 12.9. The summed E-state index contributed by atoms with van der Waals surface area (Å²) < 4.78 is 0.987. The number of carbonyl (C=O) groups is 1. The SMILES string of the molecule is C[C@H]1C(=O)N(Cc2ccc3c(N)ccnc3c2)CCN1CCC[SH]1C=CC=C1Cl. The quantitative estimate of drug-likeness (QED) is 0.683. The average Bonchev–Trinajstić information content (AvgIpc) is 3.12. The first-order valence-corrected chi connectivity index (χ1v) is 12.0. The first kappa shape index (κ1) is 20.3. The molecule has 0 bridgehead atoms. The van der Waals surface area contributed by atoms with E-state index >= 15 is 0 Å². The minimum absolute atomic E-state index is 0.0871. The van der Waals surface area contributed by atoms with Crippen molar-refractivity contribution in [1.29, 1.82) is 0 Å². The van der Waals surface area contributed by atoms with Crippen LogP contribution in [0.4, 0.5) is 5.69 Å². The number of hydrogen-bond donors (Lipinski definition) is 2. The number of benzene rings is 1. The number of allylic oxidation sites excluding steroid dienone is 2. The zero-order valence-electron chi connectivity index (χ0n) is 16.6. The Morgan fingerprint density at radius 1 is 1.31 bits per heavy atom. The standard InChI is InChI=1S/C22H27ClN4OS/c1-16-22(28)27(11-10-26(16)9-3-13-29-12-2-4-21(29)23)15-17-5-6-18-19(24)7-8-25-20(18)14-17/h2,4-8,12,14,16,29H,3,9-11,13,15H2,1H3,(H2,24,25)/t16-/m0/s1. The smallest absolute Gasteiger partial charge is 0.239 e. The largest absolute Gasteiger partial charge is 0.398 e. The molecule has 4 rings (SSSR count). The number of thiol groups is 1. The fraction of sp³-hybridized carbons (Fsp3) is 0.364. The van der Waals surface area contributed by atoms with Crippen LogP contribution in [0.15, 0.2) is 52.4 Å². The Hall–Kier alpha value is -2.02. The van der Waals surface area contributed by atoms with Gasteiger partial charge in [0.1, 0.15) is 0 Å². The van der Waals surface area contributed by atoms with Gasteiger partial charge in [-0.25, -0.2) is 0 Å². The summed E-state index contributed by atoms with van der Waals surface area (Å²) in [5.74, 6) is 1.29. The van der Waals surface area contributed by atoms with Gasteiger partial charge in [-0.15, -0.1) is 0 Å². The Labute approximate surface area is 179 Å². The van der Waals surface area contributed by atoms with E-state index in [0.29, 0.717) is 6.54 Å². The molecule has 2 aromatic rings. The number of anilines is 1. The molecule has 2 aliphatic heterocycles. The Balaban J connectivity index is 1.33. The lowest BCUT2D eigenvalue weighted by Crippen LogP contribution is -2.55. The summed E-state index contributed by atoms with van der Waals surface area (Å²) in [4.78, 5) is 21.6. The van der Waals surface area contributed by atoms with Crippen LogP contribution in [0.1, 0.15) is 18.9 Å². The number of fused-ring (bicyclic) bond motifs is 1. The third-order valence-corrected chi connectivity index (χ3v) is 8.51. The Morgan fingerprint density at radius 3 is 2.97 bits per heavy atom. The summed E-state index contributed by atoms with van der Waals surface area (Å²) >= 11 is 6.23. The van der Waals surface area contributed by atoms with E-state index in [-0.39, 0.29) is 22.8 Å². The lowest BCUT2D eigenvalue weighted by Gasteiger charge is -2.39. The molecule has 154 valence electrons. The second-order valence-corrected chi connectivity index (χ2v) is 10.4. The van der Waals surface area contributed by atoms with Crippen molar-refractivity contribution in [2.75, 3.05) is 31.1 Å². The second-order valence-electron chi connectivity index (χ2n) is 7.60. The van der Waals surface area contributed by atoms with Crippen molar-refractivity contribution in [2.45, 2.75) is 25.9 Å². The van der Waals surface area contributed by atoms with E-state index < -0.39 is 0 Å². The van der Waals surface area contributed by atoms with Crippen molar-refractivity contribution in [2.24, 2.45) is 0 Å². The van der Waals surface area contributed by atoms with E-state index in [1.54, 1.807) is 12.3 Å². The molecule has 1 saturated heterocycles. The lowest BCUT2D eigenvalue weighted by molar-refractivity contribution is -0.141. The average molecular weight is 431 g/mol. The van der Waals surface area contributed by atoms with E-state index in [1.165, 1.54) is 0 Å². The van der Waals surface area contributed by atoms with Crippen LogP contribution in [0, 0.1) is 0 Å². The van der Waals surface area contributed by atoms with Crippen molar-refractivity contribution in [1.82, 2.24) is 14.8 Å². The molecule has 29 heavy (non-hydrogen) atoms. The van der Waals surface area contributed by atoms with E-state index in [9.17, 15) is 4.79 Å². The number of rotatable bonds is 6. The predicted octanol–water partition coefficient (Wildman–Crippen LogP) is 3.85. The van der Waals surface area contributed by atoms with Crippen LogP contribution in [0.2, 0.25) is 0 Å². The normalized spacial score (nSPS) is 23.7. The van der Waals surface area contributed by atoms with Crippen LogP contribution in [-0.2, 0) is 11.3 Å². The summed E-state index contributed by atoms with van der Waals surface area (Å²) in [6.45, 7) is 5.23. The summed E-state index contributed by atoms with van der Waals surface area (Å²) in [5.41, 5.74) is 8.70. The van der Waals surface area contributed by atoms with Crippen LogP contribution < -0.4 is 5.73 Å². The van der Waals surface area contributed by atoms with Crippen molar-refractivity contribution >= 4 is 45.0 Å². The lowest BCUT2D eigenvalue weighted by atomic mass is 10.1. The molecule has 3 heterocycles. The van der Waals surface area contributed by atoms with Gasteiger partial charge in [0.2, 0.25) is 5.91 Å². The van der Waals surface area contributed by atoms with Gasteiger partial charge in [0.05, 0.1) is 15.9 Å². The Morgan fingerprint density at radius 2 is 2.17 bits per heavy atom. The number of hydrogen-bond acceptors (Lipinski definition) is 4. The van der Waals surface area contributed by atoms with Crippen molar-refractivity contribution in [3.63, 3.8) is 0 Å². The van der Waals surface area contributed by atoms with Gasteiger partial charge in [0.15, 0.2) is 0 Å². The molecule has 0 aliphatic carbocycles. The number of nitrogen functional groups attached to an aromatic ring is 1. The molecule has 1 aromatic carbocycles. The minimum Gasteiger partial charge on any atom is -0.398 e. The van der Waals surface area contributed by atoms with Crippen LogP contribution in [0.5, 0.6) is 0 Å². The van der Waals surface area contributed by atoms with Gasteiger partial charge in [-0.3, -0.25) is 14.7 Å². The fourth-order valence-corrected chi connectivity index (χ4v) is 6.04. The van der Waals surface area contributed by atoms with Crippen LogP contribution in [0.3, 0.4) is 0 Å². The molecule has 1 amide bonds. The van der Waals surface area contributed by atoms with Crippen LogP contribution >= 0.6 is 22.5 Å². The molecule has 1 fully saturated rings. The maximum Gasteiger partial charge on any atom is 0.239 e. The van der Waals surface area contributed by atoms with E-state index in [4.69, 9.17) is 17.3 Å². The first-order chi connectivity index (χ1) is 14.0. The van der Waals surface area contributed by atoms with E-state index in [1.807, 2.05) is 36.1 Å². The molecule has 2 N–H and O–H groups in total. The number of nitrogens with zero attached hydrogens (tertiary/aromatic N) is 3. The number of carbonyl (C=O) groups excluding carboxylic acids is 1. The fourth-order valence-electron chi connectivity index (χ4n) is 3.99. The molecule has 1 aromatic heterocycles. The monoisotopic (exact) mass is 430 g/mol. The van der Waals surface area contributed by atoms with Gasteiger partial charge in [-0.05, 0) is 54.8 Å². The molecule has 0 saturated carbocycles. The molecular weight excluding hydrogens is 404 g/mol. The minimum atomic E-state index is -0.309. The van der Waals surface area contributed by atoms with Crippen molar-refractivity contribution in [3.8, 4) is 0 Å². The molecule has 2 atom stereocenters. The predicted molar refractivity (Wildman–Crippen MR) is 124 cm³/mol. The van der Waals surface area contributed by atoms with Gasteiger partial charge in [-0.2, -0.15) is 10.9 Å². The molecule has 2 aliphatic rings. The van der Waals surface area contributed by atoms with E-state index in [2.05, 4.69) is 21.4 Å². The molecule has 7 heteroatoms. The van der Waals surface area contributed by atoms with Gasteiger partial charge in [-0.1, -0.05) is 29.8 Å². The summed E-state index contributed by atoms with van der Waals surface area (Å²) in [5, 5.41) is 3.17. The maximum atomic E-state index is 12.9. The number of halogens is 1. The summed E-state index contributed by atoms with van der Waals surface area (Å²) in [6, 6.07) is 7.79. The van der Waals surface area contributed by atoms with Crippen molar-refractivity contribution < 1.29 is 4.79 Å². The Bertz CT molecular complexity index is 976. The molecule has 1 unspecified atom stereocenters. The van der Waals surface area contributed by atoms with Gasteiger partial charge in [0, 0.05) is 36.9 Å². The summed E-state index contributed by atoms with van der Waals surface area (Å²) in [7, 11) is -0.309. The second kappa shape index (κ2) is 8.78. The molecule has 0 spiro atoms. The molecule has 0 radical (unpaired) electrons. The third-order valence-electron chi connectivity index (χ3n) is 5.71. The molecule has 5 nitrogen and oxygen atoms in total. The number of amides is 1. The van der Waals surface area contributed by atoms with Crippen LogP contribution in [-0.4, -0.2) is 52.1 Å². The van der Waals surface area contributed by atoms with Gasteiger partial charge < -0.3 is 10.6 Å². The highest BCUT2D eigenvalue weighted by Crippen LogP contribution is 2.43. The highest BCUT2D eigenvalue weighted by Gasteiger charge is 2.31. The van der Waals surface area contributed by atoms with Crippen molar-refractivity contribution in [3.05, 3.63) is 58.0 Å². The summed E-state index contributed by atoms with van der Waals surface area (Å²) in [6.07, 6.45) is 6.83. The number of piperazine rings is 1. The zero-order valence-corrected chi connectivity index (χ0v) is 18.2.